The second kappa shape index (κ2) is 45.9. The van der Waals surface area contributed by atoms with Gasteiger partial charge in [0.25, 0.3) is 5.91 Å². The van der Waals surface area contributed by atoms with E-state index in [-0.39, 0.29) is 34.9 Å². The third kappa shape index (κ3) is 24.9. The summed E-state index contributed by atoms with van der Waals surface area (Å²) in [5.41, 5.74) is 21.6. The van der Waals surface area contributed by atoms with Crippen LogP contribution in [0.5, 0.6) is 11.5 Å². The Balaban J connectivity index is 0.000000136. The van der Waals surface area contributed by atoms with Crippen LogP contribution in [-0.4, -0.2) is 185 Å². The lowest BCUT2D eigenvalue weighted by Gasteiger charge is -2.34. The lowest BCUT2D eigenvalue weighted by molar-refractivity contribution is 0.0664. The molecule has 12 aromatic rings. The number of benzene rings is 7. The first-order valence-corrected chi connectivity index (χ1v) is 50.7. The number of aliphatic hydroxyl groups is 1. The third-order valence-electron chi connectivity index (χ3n) is 26.9. The Kier molecular flexibility index (Phi) is 33.2. The van der Waals surface area contributed by atoms with Crippen molar-refractivity contribution in [1.29, 1.82) is 0 Å². The van der Waals surface area contributed by atoms with Crippen molar-refractivity contribution in [2.45, 2.75) is 178 Å². The predicted octanol–water partition coefficient (Wildman–Crippen LogP) is 19.6. The Bertz CT molecular complexity index is 6570. The number of aromatic nitrogens is 7. The number of likely N-dealkylation sites (tertiary alicyclic amines) is 1. The van der Waals surface area contributed by atoms with Crippen LogP contribution in [0.2, 0.25) is 15.1 Å². The van der Waals surface area contributed by atoms with Gasteiger partial charge in [0.2, 0.25) is 0 Å². The predicted molar refractivity (Wildman–Crippen MR) is 538 cm³/mol. The molecule has 34 heteroatoms. The summed E-state index contributed by atoms with van der Waals surface area (Å²) in [4.78, 5) is 53.1. The van der Waals surface area contributed by atoms with Gasteiger partial charge in [0.05, 0.1) is 79.8 Å². The number of likely N-dealkylation sites (N-methyl/N-ethyl adjacent to an activating group) is 1. The molecular formula is C106H119Cl3F5N17O8S. The van der Waals surface area contributed by atoms with Gasteiger partial charge >= 0.3 is 6.03 Å². The van der Waals surface area contributed by atoms with Crippen LogP contribution in [0, 0.1) is 41.9 Å². The number of nitrogens with two attached hydrogens (primary N) is 1. The maximum atomic E-state index is 14.4. The van der Waals surface area contributed by atoms with Gasteiger partial charge < -0.3 is 65.9 Å². The molecule has 738 valence electrons. The molecule has 7 aliphatic heterocycles. The Morgan fingerprint density at radius 3 is 2.15 bits per heavy atom. The van der Waals surface area contributed by atoms with Crippen LogP contribution in [0.25, 0.3) is 16.8 Å². The Morgan fingerprint density at radius 1 is 0.657 bits per heavy atom. The standard InChI is InChI=1S/C33H36F2N4O2.C30H38ClN3O3S.C22H23F2N5O2.C21H22Cl2FN5O/c1-38-8-10-39(11-9-38)29-4-5-30(26(19-29)15-22-6-12-41-13-7-22)33(40)37-32-31-18-23(2-3-25(31)21-36-32)14-24-16-27(34)20-28(35)17-24;1-19(2)37-28-17-25(22-10-12-32-13-11-22)21(5)14-24(28)16-30-33-18-26(31)27(34-30)15-23-8-6-7-9-29(23)38(35,36)20(3)4;23-14-3-4-18(24)17(10-14)20-2-1-7-28(20)15-5-9-29-21(11-15)19(12-25-29)26-22(31)27-8-6-16(30)13-27;1-12(19-15(22)2-3-16(24)20(19)23)30-18-10-13(11-27-21(18)25)17-6-9-29(28-17)14-4-7-26-8-5-14/h2-5,16-20,22H,6-15,21H2,1H3,(H,36,37,40);6-9,14,17-20,22,32H,10-13,15-16H2,1-5H3;3-5,9-12,16,20,30H,1-2,6-8,13H2,(H,26,31);2-3,6,9-12,14,26H,4-5,7-8H2,1H3,(H2,25,27)/t;;16-,20+;12-/m..01/s1. The second-order valence-corrected chi connectivity index (χ2v) is 41.2. The normalized spacial score (nSPS) is 17.4. The van der Waals surface area contributed by atoms with E-state index in [4.69, 9.17) is 64.8 Å². The second-order valence-electron chi connectivity index (χ2n) is 37.5. The molecule has 0 unspecified atom stereocenters. The Morgan fingerprint density at radius 2 is 1.41 bits per heavy atom. The Hall–Kier alpha value is -11.7. The van der Waals surface area contributed by atoms with Gasteiger partial charge in [-0.05, 0) is 299 Å². The van der Waals surface area contributed by atoms with Crippen molar-refractivity contribution < 1.29 is 59.3 Å². The third-order valence-corrected chi connectivity index (χ3v) is 30.2. The fourth-order valence-corrected chi connectivity index (χ4v) is 21.4. The lowest BCUT2D eigenvalue weighted by atomic mass is 9.86. The highest BCUT2D eigenvalue weighted by Crippen LogP contribution is 2.43. The number of carbonyl (C=O) groups is 2. The number of pyridine rings is 2. The maximum Gasteiger partial charge on any atom is 0.322 e. The van der Waals surface area contributed by atoms with Crippen molar-refractivity contribution in [1.82, 2.24) is 60.1 Å². The zero-order valence-electron chi connectivity index (χ0n) is 79.6. The number of nitrogen functional groups attached to an aromatic ring is 1. The largest absolute Gasteiger partial charge is 0.491 e. The van der Waals surface area contributed by atoms with Crippen LogP contribution in [0.15, 0.2) is 186 Å². The van der Waals surface area contributed by atoms with Crippen LogP contribution in [0.3, 0.4) is 0 Å². The zero-order valence-corrected chi connectivity index (χ0v) is 82.7. The van der Waals surface area contributed by atoms with E-state index in [9.17, 15) is 45.1 Å². The number of urea groups is 1. The van der Waals surface area contributed by atoms with Crippen LogP contribution >= 0.6 is 34.8 Å². The number of aliphatic hydroxyl groups excluding tert-OH is 1. The molecule has 7 aromatic carbocycles. The van der Waals surface area contributed by atoms with Gasteiger partial charge in [-0.25, -0.2) is 54.6 Å². The number of carbonyl (C=O) groups excluding carboxylic acids is 2. The van der Waals surface area contributed by atoms with Crippen LogP contribution in [0.4, 0.5) is 49.6 Å². The van der Waals surface area contributed by atoms with Gasteiger partial charge in [-0.15, -0.1) is 0 Å². The molecule has 3 amide bonds. The van der Waals surface area contributed by atoms with Crippen molar-refractivity contribution in [2.75, 3.05) is 113 Å². The molecule has 6 fully saturated rings. The number of aryl methyl sites for hydroxylation is 1. The molecule has 25 nitrogen and oxygen atoms in total. The minimum Gasteiger partial charge on any atom is -0.491 e. The average molecular weight is 1990 g/mol. The number of piperazine rings is 1. The van der Waals surface area contributed by atoms with Crippen LogP contribution in [-0.2, 0) is 46.8 Å². The zero-order chi connectivity index (χ0) is 98.6. The number of aliphatic imine (C=N–C) groups is 1. The molecule has 0 radical (unpaired) electrons. The smallest absolute Gasteiger partial charge is 0.322 e. The fraction of sp³-hybridized carbons (Fsp3) is 0.396. The summed E-state index contributed by atoms with van der Waals surface area (Å²) in [6.45, 7) is 22.9. The SMILES string of the molecule is CN1CCN(c2ccc(C(=O)NC3=NCc4ccc(Cc5cc(F)cc(F)c5)cc43)c(CC3CCOCC3)c2)CC1.C[C@@H](Oc1cc(-c2ccn(C3CCNCC3)n2)cnc1N)c1c(Cl)ccc(F)c1Cl.Cc1cc(Cc2ncc(Cl)c(Cc3ccccc3S(=O)(=O)C(C)C)n2)c(OC(C)C)cc1C1CCNCC1.O=C(Nc1cnn2ccc(N3CCC[C@@H]3c3cc(F)ccc3F)cc12)N1CC[C@H](O)C1. The molecular weight excluding hydrogens is 1870 g/mol. The highest BCUT2D eigenvalue weighted by molar-refractivity contribution is 7.92. The number of piperidine rings is 2. The molecule has 12 heterocycles. The van der Waals surface area contributed by atoms with E-state index in [2.05, 4.69) is 94.3 Å². The molecule has 3 atom stereocenters. The number of amidine groups is 1. The van der Waals surface area contributed by atoms with Crippen molar-refractivity contribution in [3.63, 3.8) is 0 Å². The molecule has 5 aromatic heterocycles. The molecule has 6 saturated heterocycles. The Labute approximate surface area is 828 Å². The summed E-state index contributed by atoms with van der Waals surface area (Å²) in [6.07, 6.45) is 18.0. The van der Waals surface area contributed by atoms with Crippen molar-refractivity contribution in [3.8, 4) is 22.8 Å². The van der Waals surface area contributed by atoms with Crippen molar-refractivity contribution in [3.05, 3.63) is 299 Å². The van der Waals surface area contributed by atoms with E-state index in [1.807, 2.05) is 79.3 Å². The molecule has 140 heavy (non-hydrogen) atoms. The van der Waals surface area contributed by atoms with E-state index >= 15 is 0 Å². The number of amides is 3. The van der Waals surface area contributed by atoms with Gasteiger partial charge in [-0.3, -0.25) is 14.5 Å². The number of hydrogen-bond acceptors (Lipinski definition) is 20. The van der Waals surface area contributed by atoms with E-state index in [1.165, 1.54) is 53.2 Å². The first-order chi connectivity index (χ1) is 67.4. The lowest BCUT2D eigenvalue weighted by Crippen LogP contribution is -2.44. The monoisotopic (exact) mass is 1990 g/mol. The summed E-state index contributed by atoms with van der Waals surface area (Å²) >= 11 is 18.8. The fourth-order valence-electron chi connectivity index (χ4n) is 19.2. The number of halogens is 8. The minimum absolute atomic E-state index is 0.0402. The van der Waals surface area contributed by atoms with Crippen molar-refractivity contribution in [2.24, 2.45) is 10.9 Å². The minimum atomic E-state index is -3.44. The van der Waals surface area contributed by atoms with Gasteiger partial charge in [-0.2, -0.15) is 10.2 Å². The van der Waals surface area contributed by atoms with E-state index in [1.54, 1.807) is 73.2 Å². The number of hydrogen-bond donors (Lipinski definition) is 6. The summed E-state index contributed by atoms with van der Waals surface area (Å²) in [5.74, 6) is 0.836. The number of fused-ring (bicyclic) bond motifs is 2. The van der Waals surface area contributed by atoms with E-state index < -0.39 is 56.4 Å². The maximum absolute atomic E-state index is 14.4. The van der Waals surface area contributed by atoms with Crippen LogP contribution < -0.4 is 46.3 Å². The highest BCUT2D eigenvalue weighted by Gasteiger charge is 2.34. The molecule has 7 aliphatic rings. The topological polar surface area (TPSA) is 289 Å². The van der Waals surface area contributed by atoms with E-state index in [0.29, 0.717) is 140 Å². The van der Waals surface area contributed by atoms with Gasteiger partial charge in [0.1, 0.15) is 52.6 Å². The van der Waals surface area contributed by atoms with Crippen molar-refractivity contribution >= 4 is 90.8 Å². The number of anilines is 4. The highest BCUT2D eigenvalue weighted by atomic mass is 35.5. The average Bonchev–Trinajstić information content (AvgIpc) is 1.65. The number of ether oxygens (including phenoxy) is 3. The molecule has 0 spiro atoms. The number of nitrogens with one attached hydrogen (secondary N) is 4. The van der Waals surface area contributed by atoms with Gasteiger partial charge in [-0.1, -0.05) is 71.2 Å². The molecule has 7 N–H and O–H groups in total. The number of nitrogens with zero attached hydrogens (tertiary/aromatic N) is 12. The summed E-state index contributed by atoms with van der Waals surface area (Å²) < 4.78 is 117. The molecule has 19 rings (SSSR count). The number of rotatable bonds is 23. The van der Waals surface area contributed by atoms with Gasteiger partial charge in [0, 0.05) is 153 Å². The number of β-amino-alcohol motifs (C(OH)–C–C–N with tert-alkyl or cyclic N) is 1. The molecule has 0 aliphatic carbocycles. The summed E-state index contributed by atoms with van der Waals surface area (Å²) in [7, 11) is -1.29. The van der Waals surface area contributed by atoms with Gasteiger partial charge in [0.15, 0.2) is 21.4 Å². The quantitative estimate of drug-likeness (QED) is 0.0256. The molecule has 0 saturated carbocycles. The first-order valence-electron chi connectivity index (χ1n) is 48.0. The summed E-state index contributed by atoms with van der Waals surface area (Å²) in [6, 6.07) is 40.8. The number of sulfone groups is 1. The summed E-state index contributed by atoms with van der Waals surface area (Å²) in [5, 5.41) is 31.6. The van der Waals surface area contributed by atoms with E-state index in [0.717, 1.165) is 193 Å². The van der Waals surface area contributed by atoms with Crippen LogP contribution in [0.1, 0.15) is 200 Å². The first kappa shape index (κ1) is 101. The molecule has 0 bridgehead atoms.